The third kappa shape index (κ3) is 3.83. The summed E-state index contributed by atoms with van der Waals surface area (Å²) in [5.41, 5.74) is 0.753. The minimum absolute atomic E-state index is 0.242. The van der Waals surface area contributed by atoms with E-state index in [1.165, 1.54) is 6.08 Å². The smallest absolute Gasteiger partial charge is 0.284 e. The standard InChI is InChI=1S/C13H15NO3/c15-12(14-11-6-2-1-3-7-11)10-13-16-8-4-5-9-17-13/h1-3,6-7,10H,4-5,8-9H2,(H,14,15). The lowest BCUT2D eigenvalue weighted by atomic mass is 10.3. The summed E-state index contributed by atoms with van der Waals surface area (Å²) in [5, 5.41) is 2.73. The molecular weight excluding hydrogens is 218 g/mol. The first-order valence-electron chi connectivity index (χ1n) is 5.68. The lowest BCUT2D eigenvalue weighted by Gasteiger charge is -2.06. The molecule has 1 aliphatic rings. The highest BCUT2D eigenvalue weighted by Crippen LogP contribution is 2.10. The molecule has 17 heavy (non-hydrogen) atoms. The van der Waals surface area contributed by atoms with Crippen LogP contribution in [0.4, 0.5) is 5.69 Å². The average molecular weight is 233 g/mol. The molecule has 0 unspecified atom stereocenters. The van der Waals surface area contributed by atoms with Crippen LogP contribution in [-0.4, -0.2) is 19.1 Å². The first kappa shape index (κ1) is 11.5. The molecule has 0 atom stereocenters. The second kappa shape index (κ2) is 5.94. The Bertz CT molecular complexity index is 390. The van der Waals surface area contributed by atoms with Gasteiger partial charge in [0.15, 0.2) is 0 Å². The predicted molar refractivity (Wildman–Crippen MR) is 64.3 cm³/mol. The highest BCUT2D eigenvalue weighted by atomic mass is 16.7. The van der Waals surface area contributed by atoms with Gasteiger partial charge in [0.2, 0.25) is 0 Å². The quantitative estimate of drug-likeness (QED) is 0.797. The van der Waals surface area contributed by atoms with Crippen molar-refractivity contribution in [2.24, 2.45) is 0 Å². The lowest BCUT2D eigenvalue weighted by molar-refractivity contribution is -0.112. The summed E-state index contributed by atoms with van der Waals surface area (Å²) in [6, 6.07) is 9.27. The van der Waals surface area contributed by atoms with Crippen molar-refractivity contribution in [2.45, 2.75) is 12.8 Å². The van der Waals surface area contributed by atoms with Crippen molar-refractivity contribution in [2.75, 3.05) is 18.5 Å². The van der Waals surface area contributed by atoms with Crippen LogP contribution in [0, 0.1) is 0 Å². The number of rotatable bonds is 2. The van der Waals surface area contributed by atoms with Crippen LogP contribution in [0.25, 0.3) is 0 Å². The highest BCUT2D eigenvalue weighted by molar-refractivity contribution is 5.99. The van der Waals surface area contributed by atoms with E-state index in [0.29, 0.717) is 19.2 Å². The molecule has 1 aromatic rings. The summed E-state index contributed by atoms with van der Waals surface area (Å²) in [6.45, 7) is 1.20. The Hall–Kier alpha value is -1.97. The maximum atomic E-state index is 11.6. The van der Waals surface area contributed by atoms with E-state index in [9.17, 15) is 4.79 Å². The molecule has 0 bridgehead atoms. The Morgan fingerprint density at radius 3 is 2.41 bits per heavy atom. The van der Waals surface area contributed by atoms with Gasteiger partial charge in [0.25, 0.3) is 11.9 Å². The third-order valence-corrected chi connectivity index (χ3v) is 2.32. The molecule has 1 saturated heterocycles. The fraction of sp³-hybridized carbons (Fsp3) is 0.308. The van der Waals surface area contributed by atoms with Crippen LogP contribution in [0.1, 0.15) is 12.8 Å². The molecule has 4 nitrogen and oxygen atoms in total. The summed E-state index contributed by atoms with van der Waals surface area (Å²) < 4.78 is 10.6. The second-order valence-electron chi connectivity index (χ2n) is 3.72. The molecule has 1 aromatic carbocycles. The molecule has 1 N–H and O–H groups in total. The van der Waals surface area contributed by atoms with E-state index in [0.717, 1.165) is 18.5 Å². The van der Waals surface area contributed by atoms with Gasteiger partial charge in [-0.3, -0.25) is 4.79 Å². The normalized spacial score (nSPS) is 15.2. The van der Waals surface area contributed by atoms with Crippen molar-refractivity contribution in [1.29, 1.82) is 0 Å². The topological polar surface area (TPSA) is 47.6 Å². The fourth-order valence-electron chi connectivity index (χ4n) is 1.48. The number of hydrogen-bond donors (Lipinski definition) is 1. The fourth-order valence-corrected chi connectivity index (χ4v) is 1.48. The first-order chi connectivity index (χ1) is 8.34. The van der Waals surface area contributed by atoms with Gasteiger partial charge >= 0.3 is 0 Å². The first-order valence-corrected chi connectivity index (χ1v) is 5.68. The van der Waals surface area contributed by atoms with E-state index in [2.05, 4.69) is 5.32 Å². The molecular formula is C13H15NO3. The molecule has 4 heteroatoms. The van der Waals surface area contributed by atoms with E-state index in [1.807, 2.05) is 30.3 Å². The molecule has 1 aliphatic heterocycles. The number of para-hydroxylation sites is 1. The average Bonchev–Trinajstić information content (AvgIpc) is 2.59. The van der Waals surface area contributed by atoms with Crippen LogP contribution in [0.2, 0.25) is 0 Å². The summed E-state index contributed by atoms with van der Waals surface area (Å²) in [4.78, 5) is 11.6. The minimum Gasteiger partial charge on any atom is -0.465 e. The Labute approximate surface area is 100 Å². The number of hydrogen-bond acceptors (Lipinski definition) is 3. The molecule has 1 fully saturated rings. The molecule has 2 rings (SSSR count). The number of carbonyl (C=O) groups excluding carboxylic acids is 1. The zero-order chi connectivity index (χ0) is 11.9. The second-order valence-corrected chi connectivity index (χ2v) is 3.72. The van der Waals surface area contributed by atoms with Gasteiger partial charge in [0, 0.05) is 5.69 Å². The Balaban J connectivity index is 1.93. The number of ether oxygens (including phenoxy) is 2. The molecule has 0 aliphatic carbocycles. The van der Waals surface area contributed by atoms with Gasteiger partial charge in [-0.2, -0.15) is 0 Å². The molecule has 1 amide bonds. The van der Waals surface area contributed by atoms with E-state index in [-0.39, 0.29) is 5.91 Å². The van der Waals surface area contributed by atoms with Crippen molar-refractivity contribution < 1.29 is 14.3 Å². The van der Waals surface area contributed by atoms with E-state index in [4.69, 9.17) is 9.47 Å². The van der Waals surface area contributed by atoms with Gasteiger partial charge in [-0.1, -0.05) is 18.2 Å². The summed E-state index contributed by atoms with van der Waals surface area (Å²) in [6.07, 6.45) is 3.26. The zero-order valence-electron chi connectivity index (χ0n) is 9.52. The van der Waals surface area contributed by atoms with E-state index >= 15 is 0 Å². The molecule has 90 valence electrons. The maximum absolute atomic E-state index is 11.6. The van der Waals surface area contributed by atoms with Crippen LogP contribution in [0.15, 0.2) is 42.4 Å². The SMILES string of the molecule is O=C(C=C1OCCCCO1)Nc1ccccc1. The van der Waals surface area contributed by atoms with Gasteiger partial charge in [0.05, 0.1) is 19.3 Å². The van der Waals surface area contributed by atoms with Crippen molar-refractivity contribution >= 4 is 11.6 Å². The van der Waals surface area contributed by atoms with Crippen molar-refractivity contribution in [3.05, 3.63) is 42.4 Å². The molecule has 0 spiro atoms. The van der Waals surface area contributed by atoms with Crippen LogP contribution >= 0.6 is 0 Å². The van der Waals surface area contributed by atoms with Gasteiger partial charge in [-0.25, -0.2) is 0 Å². The minimum atomic E-state index is -0.242. The van der Waals surface area contributed by atoms with Gasteiger partial charge in [-0.15, -0.1) is 0 Å². The van der Waals surface area contributed by atoms with Crippen molar-refractivity contribution in [1.82, 2.24) is 0 Å². The lowest BCUT2D eigenvalue weighted by Crippen LogP contribution is -2.10. The highest BCUT2D eigenvalue weighted by Gasteiger charge is 2.08. The van der Waals surface area contributed by atoms with Gasteiger partial charge in [-0.05, 0) is 25.0 Å². The molecule has 1 heterocycles. The van der Waals surface area contributed by atoms with Crippen LogP contribution < -0.4 is 5.32 Å². The number of amides is 1. The molecule has 0 aromatic heterocycles. The van der Waals surface area contributed by atoms with E-state index < -0.39 is 0 Å². The van der Waals surface area contributed by atoms with Crippen LogP contribution in [-0.2, 0) is 14.3 Å². The predicted octanol–water partition coefficient (Wildman–Crippen LogP) is 2.29. The molecule has 0 radical (unpaired) electrons. The Morgan fingerprint density at radius 2 is 1.76 bits per heavy atom. The zero-order valence-corrected chi connectivity index (χ0v) is 9.52. The largest absolute Gasteiger partial charge is 0.465 e. The monoisotopic (exact) mass is 233 g/mol. The van der Waals surface area contributed by atoms with Gasteiger partial charge in [0.1, 0.15) is 0 Å². The van der Waals surface area contributed by atoms with Crippen LogP contribution in [0.5, 0.6) is 0 Å². The van der Waals surface area contributed by atoms with E-state index in [1.54, 1.807) is 0 Å². The summed E-state index contributed by atoms with van der Waals surface area (Å²) >= 11 is 0. The maximum Gasteiger partial charge on any atom is 0.284 e. The Kier molecular flexibility index (Phi) is 4.02. The Morgan fingerprint density at radius 1 is 1.12 bits per heavy atom. The summed E-state index contributed by atoms with van der Waals surface area (Å²) in [7, 11) is 0. The number of anilines is 1. The van der Waals surface area contributed by atoms with Crippen molar-refractivity contribution in [3.63, 3.8) is 0 Å². The van der Waals surface area contributed by atoms with Crippen LogP contribution in [0.3, 0.4) is 0 Å². The molecule has 0 saturated carbocycles. The number of carbonyl (C=O) groups is 1. The van der Waals surface area contributed by atoms with Crippen molar-refractivity contribution in [3.8, 4) is 0 Å². The third-order valence-electron chi connectivity index (χ3n) is 2.32. The summed E-state index contributed by atoms with van der Waals surface area (Å²) in [5.74, 6) is 0.0593. The number of nitrogens with one attached hydrogen (secondary N) is 1. The number of benzene rings is 1. The van der Waals surface area contributed by atoms with Gasteiger partial charge < -0.3 is 14.8 Å².